The van der Waals surface area contributed by atoms with E-state index >= 15 is 0 Å². The van der Waals surface area contributed by atoms with Crippen molar-refractivity contribution < 1.29 is 28.5 Å². The van der Waals surface area contributed by atoms with E-state index in [4.69, 9.17) is 18.9 Å². The molecule has 2 aromatic heterocycles. The van der Waals surface area contributed by atoms with Crippen LogP contribution < -0.4 is 20.1 Å². The zero-order valence-electron chi connectivity index (χ0n) is 23.2. The minimum Gasteiger partial charge on any atom is -0.493 e. The van der Waals surface area contributed by atoms with Crippen LogP contribution in [0.4, 0.5) is 11.4 Å². The second kappa shape index (κ2) is 13.5. The van der Waals surface area contributed by atoms with E-state index in [1.807, 2.05) is 61.5 Å². The molecule has 210 valence electrons. The monoisotopic (exact) mass is 546 g/mol. The SMILES string of the molecule is CCOc1cc(CNc2cnc3c(c2)c(NC(=O)Cc2ccccc2)c(C(=O)OC)n3CCOC)ccc1OC. The number of ether oxygens (including phenoxy) is 4. The summed E-state index contributed by atoms with van der Waals surface area (Å²) in [7, 11) is 4.49. The number of methoxy groups -OCH3 is 3. The van der Waals surface area contributed by atoms with Crippen molar-refractivity contribution in [3.8, 4) is 11.5 Å². The van der Waals surface area contributed by atoms with E-state index in [1.165, 1.54) is 7.11 Å². The third kappa shape index (κ3) is 6.52. The topological polar surface area (TPSA) is 113 Å². The Hall–Kier alpha value is -4.57. The molecule has 0 radical (unpaired) electrons. The highest BCUT2D eigenvalue weighted by Gasteiger charge is 2.26. The summed E-state index contributed by atoms with van der Waals surface area (Å²) >= 11 is 0. The number of carbonyl (C=O) groups excluding carboxylic acids is 2. The Labute approximate surface area is 233 Å². The van der Waals surface area contributed by atoms with Gasteiger partial charge in [-0.1, -0.05) is 36.4 Å². The maximum Gasteiger partial charge on any atom is 0.356 e. The van der Waals surface area contributed by atoms with Crippen molar-refractivity contribution in [3.63, 3.8) is 0 Å². The van der Waals surface area contributed by atoms with Crippen LogP contribution in [-0.2, 0) is 33.8 Å². The van der Waals surface area contributed by atoms with Crippen molar-refractivity contribution in [2.24, 2.45) is 0 Å². The van der Waals surface area contributed by atoms with Crippen molar-refractivity contribution in [1.29, 1.82) is 0 Å². The summed E-state index contributed by atoms with van der Waals surface area (Å²) in [5.74, 6) is 0.485. The third-order valence-electron chi connectivity index (χ3n) is 6.29. The zero-order valence-corrected chi connectivity index (χ0v) is 23.2. The lowest BCUT2D eigenvalue weighted by Gasteiger charge is -2.12. The molecule has 0 aliphatic carbocycles. The van der Waals surface area contributed by atoms with Crippen molar-refractivity contribution in [2.45, 2.75) is 26.4 Å². The predicted octanol–water partition coefficient (Wildman–Crippen LogP) is 4.67. The first-order chi connectivity index (χ1) is 19.5. The van der Waals surface area contributed by atoms with Crippen LogP contribution in [0, 0.1) is 0 Å². The van der Waals surface area contributed by atoms with Crippen molar-refractivity contribution in [3.05, 3.63) is 77.6 Å². The quantitative estimate of drug-likeness (QED) is 0.233. The summed E-state index contributed by atoms with van der Waals surface area (Å²) in [5, 5.41) is 6.93. The number of esters is 1. The molecular weight excluding hydrogens is 512 g/mol. The molecule has 10 heteroatoms. The zero-order chi connectivity index (χ0) is 28.5. The van der Waals surface area contributed by atoms with Gasteiger partial charge in [0.25, 0.3) is 0 Å². The molecule has 0 aliphatic rings. The molecular formula is C30H34N4O6. The fourth-order valence-electron chi connectivity index (χ4n) is 4.43. The van der Waals surface area contributed by atoms with Crippen LogP contribution in [-0.4, -0.2) is 56.0 Å². The summed E-state index contributed by atoms with van der Waals surface area (Å²) in [6.45, 7) is 3.61. The summed E-state index contributed by atoms with van der Waals surface area (Å²) in [5.41, 5.74) is 3.62. The summed E-state index contributed by atoms with van der Waals surface area (Å²) < 4.78 is 23.1. The second-order valence-electron chi connectivity index (χ2n) is 8.94. The number of fused-ring (bicyclic) bond motifs is 1. The molecule has 0 aliphatic heterocycles. The molecule has 0 fully saturated rings. The van der Waals surface area contributed by atoms with Gasteiger partial charge < -0.3 is 34.1 Å². The van der Waals surface area contributed by atoms with E-state index in [-0.39, 0.29) is 18.0 Å². The first kappa shape index (κ1) is 28.4. The van der Waals surface area contributed by atoms with Crippen LogP contribution in [0.3, 0.4) is 0 Å². The number of rotatable bonds is 13. The van der Waals surface area contributed by atoms with E-state index in [0.717, 1.165) is 11.1 Å². The van der Waals surface area contributed by atoms with Gasteiger partial charge in [0.1, 0.15) is 5.65 Å². The highest BCUT2D eigenvalue weighted by molar-refractivity contribution is 6.11. The van der Waals surface area contributed by atoms with Crippen LogP contribution >= 0.6 is 0 Å². The Bertz CT molecular complexity index is 1470. The lowest BCUT2D eigenvalue weighted by atomic mass is 10.1. The van der Waals surface area contributed by atoms with Gasteiger partial charge >= 0.3 is 5.97 Å². The Morgan fingerprint density at radius 3 is 2.48 bits per heavy atom. The van der Waals surface area contributed by atoms with Gasteiger partial charge in [0, 0.05) is 25.6 Å². The lowest BCUT2D eigenvalue weighted by molar-refractivity contribution is -0.115. The standard InChI is InChI=1S/C30H34N4O6/c1-5-40-25-15-21(11-12-24(25)38-3)18-31-22-17-23-27(33-26(35)16-20-9-7-6-8-10-20)28(30(36)39-4)34(13-14-37-2)29(23)32-19-22/h6-12,15,17,19,31H,5,13-14,16,18H2,1-4H3,(H,33,35). The van der Waals surface area contributed by atoms with Gasteiger partial charge in [-0.25, -0.2) is 9.78 Å². The first-order valence-electron chi connectivity index (χ1n) is 13.0. The molecule has 0 saturated carbocycles. The molecule has 4 aromatic rings. The molecule has 4 rings (SSSR count). The van der Waals surface area contributed by atoms with E-state index in [1.54, 1.807) is 25.0 Å². The highest BCUT2D eigenvalue weighted by Crippen LogP contribution is 2.33. The Morgan fingerprint density at radius 1 is 0.975 bits per heavy atom. The third-order valence-corrected chi connectivity index (χ3v) is 6.29. The van der Waals surface area contributed by atoms with E-state index in [2.05, 4.69) is 15.6 Å². The maximum atomic E-state index is 13.1. The van der Waals surface area contributed by atoms with Gasteiger partial charge in [-0.3, -0.25) is 4.79 Å². The number of anilines is 2. The average Bonchev–Trinajstić information content (AvgIpc) is 3.27. The number of benzene rings is 2. The number of hydrogen-bond donors (Lipinski definition) is 2. The van der Waals surface area contributed by atoms with Gasteiger partial charge in [0.15, 0.2) is 17.2 Å². The first-order valence-corrected chi connectivity index (χ1v) is 13.0. The van der Waals surface area contributed by atoms with E-state index < -0.39 is 5.97 Å². The number of nitrogens with zero attached hydrogens (tertiary/aromatic N) is 2. The van der Waals surface area contributed by atoms with E-state index in [9.17, 15) is 9.59 Å². The van der Waals surface area contributed by atoms with Gasteiger partial charge in [0.2, 0.25) is 5.91 Å². The molecule has 1 amide bonds. The maximum absolute atomic E-state index is 13.1. The number of nitrogens with one attached hydrogen (secondary N) is 2. The molecule has 0 spiro atoms. The van der Waals surface area contributed by atoms with Crippen molar-refractivity contribution in [1.82, 2.24) is 9.55 Å². The number of pyridine rings is 1. The Balaban J connectivity index is 1.69. The molecule has 40 heavy (non-hydrogen) atoms. The molecule has 2 N–H and O–H groups in total. The van der Waals surface area contributed by atoms with Crippen molar-refractivity contribution >= 4 is 34.3 Å². The minimum atomic E-state index is -0.583. The predicted molar refractivity (Wildman–Crippen MR) is 153 cm³/mol. The fourth-order valence-corrected chi connectivity index (χ4v) is 4.43. The Kier molecular flexibility index (Phi) is 9.58. The molecule has 0 bridgehead atoms. The summed E-state index contributed by atoms with van der Waals surface area (Å²) in [6.07, 6.45) is 1.84. The lowest BCUT2D eigenvalue weighted by Crippen LogP contribution is -2.19. The molecule has 0 saturated heterocycles. The van der Waals surface area contributed by atoms with E-state index in [0.29, 0.717) is 60.2 Å². The average molecular weight is 547 g/mol. The molecule has 0 atom stereocenters. The van der Waals surface area contributed by atoms with Crippen LogP contribution in [0.5, 0.6) is 11.5 Å². The van der Waals surface area contributed by atoms with Crippen LogP contribution in [0.25, 0.3) is 11.0 Å². The summed E-state index contributed by atoms with van der Waals surface area (Å²) in [4.78, 5) is 30.7. The number of hydrogen-bond acceptors (Lipinski definition) is 8. The van der Waals surface area contributed by atoms with Crippen LogP contribution in [0.2, 0.25) is 0 Å². The smallest absolute Gasteiger partial charge is 0.356 e. The number of carbonyl (C=O) groups is 2. The molecule has 2 aromatic carbocycles. The van der Waals surface area contributed by atoms with Gasteiger partial charge in [-0.2, -0.15) is 0 Å². The second-order valence-corrected chi connectivity index (χ2v) is 8.94. The van der Waals surface area contributed by atoms with Crippen LogP contribution in [0.15, 0.2) is 60.8 Å². The molecule has 0 unspecified atom stereocenters. The highest BCUT2D eigenvalue weighted by atomic mass is 16.5. The molecule has 2 heterocycles. The normalized spacial score (nSPS) is 10.8. The minimum absolute atomic E-state index is 0.150. The number of aromatic nitrogens is 2. The summed E-state index contributed by atoms with van der Waals surface area (Å²) in [6, 6.07) is 17.0. The van der Waals surface area contributed by atoms with Crippen molar-refractivity contribution in [2.75, 3.05) is 45.2 Å². The number of amides is 1. The molecule has 10 nitrogen and oxygen atoms in total. The fraction of sp³-hybridized carbons (Fsp3) is 0.300. The van der Waals surface area contributed by atoms with Gasteiger partial charge in [0.05, 0.1) is 51.4 Å². The largest absolute Gasteiger partial charge is 0.493 e. The van der Waals surface area contributed by atoms with Crippen LogP contribution in [0.1, 0.15) is 28.5 Å². The van der Waals surface area contributed by atoms with Gasteiger partial charge in [-0.05, 0) is 36.2 Å². The van der Waals surface area contributed by atoms with Gasteiger partial charge in [-0.15, -0.1) is 0 Å². The Morgan fingerprint density at radius 2 is 1.77 bits per heavy atom.